The van der Waals surface area contributed by atoms with E-state index in [2.05, 4.69) is 35.0 Å². The first-order valence-electron chi connectivity index (χ1n) is 5.30. The summed E-state index contributed by atoms with van der Waals surface area (Å²) in [5.41, 5.74) is 1.02. The van der Waals surface area contributed by atoms with E-state index in [1.807, 2.05) is 12.1 Å². The highest BCUT2D eigenvalue weighted by Gasteiger charge is 2.16. The average Bonchev–Trinajstić information content (AvgIpc) is 2.80. The van der Waals surface area contributed by atoms with Gasteiger partial charge in [-0.1, -0.05) is 58.2 Å². The molecular formula is C13H11BrCl2S. The number of alkyl halides is 1. The predicted octanol–water partition coefficient (Wildman–Crippen LogP) is 6.10. The van der Waals surface area contributed by atoms with Crippen LogP contribution < -0.4 is 0 Å². The molecule has 0 aliphatic heterocycles. The van der Waals surface area contributed by atoms with Crippen LogP contribution in [-0.2, 0) is 6.42 Å². The molecule has 0 aliphatic rings. The molecule has 2 aromatic rings. The van der Waals surface area contributed by atoms with Crippen LogP contribution in [0.25, 0.3) is 0 Å². The van der Waals surface area contributed by atoms with Gasteiger partial charge in [-0.05, 0) is 30.2 Å². The van der Waals surface area contributed by atoms with E-state index in [1.54, 1.807) is 17.4 Å². The van der Waals surface area contributed by atoms with Crippen LogP contribution in [0.2, 0.25) is 10.0 Å². The molecule has 90 valence electrons. The number of aryl methyl sites for hydroxylation is 1. The Morgan fingerprint density at radius 2 is 2.00 bits per heavy atom. The van der Waals surface area contributed by atoms with Gasteiger partial charge >= 0.3 is 0 Å². The summed E-state index contributed by atoms with van der Waals surface area (Å²) in [7, 11) is 0. The molecule has 1 aromatic heterocycles. The zero-order chi connectivity index (χ0) is 12.4. The number of rotatable bonds is 3. The Morgan fingerprint density at radius 1 is 1.24 bits per heavy atom. The van der Waals surface area contributed by atoms with Gasteiger partial charge in [-0.2, -0.15) is 0 Å². The van der Waals surface area contributed by atoms with Crippen molar-refractivity contribution in [1.29, 1.82) is 0 Å². The Kier molecular flexibility index (Phi) is 4.53. The molecular weight excluding hydrogens is 339 g/mol. The van der Waals surface area contributed by atoms with Gasteiger partial charge in [-0.3, -0.25) is 0 Å². The van der Waals surface area contributed by atoms with Crippen LogP contribution in [0.1, 0.15) is 27.1 Å². The van der Waals surface area contributed by atoms with Crippen molar-refractivity contribution in [2.75, 3.05) is 0 Å². The molecule has 17 heavy (non-hydrogen) atoms. The number of hydrogen-bond acceptors (Lipinski definition) is 1. The van der Waals surface area contributed by atoms with Crippen LogP contribution in [0.3, 0.4) is 0 Å². The summed E-state index contributed by atoms with van der Waals surface area (Å²) in [5, 5.41) is 1.23. The second kappa shape index (κ2) is 5.75. The maximum Gasteiger partial charge on any atom is 0.0753 e. The SMILES string of the molecule is CCc1ccc(C(Br)c2cccc(Cl)c2Cl)s1. The lowest BCUT2D eigenvalue weighted by molar-refractivity contribution is 1.19. The molecule has 0 amide bonds. The minimum Gasteiger partial charge on any atom is -0.144 e. The molecule has 2 rings (SSSR count). The first-order valence-corrected chi connectivity index (χ1v) is 7.79. The van der Waals surface area contributed by atoms with E-state index >= 15 is 0 Å². The van der Waals surface area contributed by atoms with Gasteiger partial charge in [0.2, 0.25) is 0 Å². The molecule has 0 N–H and O–H groups in total. The first kappa shape index (κ1) is 13.4. The maximum absolute atomic E-state index is 6.22. The van der Waals surface area contributed by atoms with Crippen LogP contribution in [0.15, 0.2) is 30.3 Å². The summed E-state index contributed by atoms with van der Waals surface area (Å²) >= 11 is 17.7. The summed E-state index contributed by atoms with van der Waals surface area (Å²) in [6.45, 7) is 2.16. The molecule has 4 heteroatoms. The van der Waals surface area contributed by atoms with E-state index in [0.717, 1.165) is 12.0 Å². The summed E-state index contributed by atoms with van der Waals surface area (Å²) in [5.74, 6) is 0. The summed E-state index contributed by atoms with van der Waals surface area (Å²) in [4.78, 5) is 2.74. The van der Waals surface area contributed by atoms with E-state index in [4.69, 9.17) is 23.2 Å². The van der Waals surface area contributed by atoms with Crippen molar-refractivity contribution < 1.29 is 0 Å². The number of benzene rings is 1. The zero-order valence-corrected chi connectivity index (χ0v) is 13.1. The van der Waals surface area contributed by atoms with Crippen molar-refractivity contribution in [3.8, 4) is 0 Å². The lowest BCUT2D eigenvalue weighted by atomic mass is 10.1. The largest absolute Gasteiger partial charge is 0.144 e. The second-order valence-corrected chi connectivity index (χ2v) is 6.56. The van der Waals surface area contributed by atoms with Crippen LogP contribution >= 0.6 is 50.5 Å². The molecule has 0 bridgehead atoms. The van der Waals surface area contributed by atoms with E-state index in [-0.39, 0.29) is 4.83 Å². The van der Waals surface area contributed by atoms with Gasteiger partial charge in [-0.25, -0.2) is 0 Å². The van der Waals surface area contributed by atoms with Crippen LogP contribution in [-0.4, -0.2) is 0 Å². The van der Waals surface area contributed by atoms with Gasteiger partial charge in [0.1, 0.15) is 0 Å². The van der Waals surface area contributed by atoms with Crippen LogP contribution in [0, 0.1) is 0 Å². The molecule has 0 saturated heterocycles. The Balaban J connectivity index is 2.36. The van der Waals surface area contributed by atoms with Crippen LogP contribution in [0.4, 0.5) is 0 Å². The summed E-state index contributed by atoms with van der Waals surface area (Å²) in [6.07, 6.45) is 1.06. The monoisotopic (exact) mass is 348 g/mol. The lowest BCUT2D eigenvalue weighted by Gasteiger charge is -2.11. The Bertz CT molecular complexity index is 522. The number of thiophene rings is 1. The fraction of sp³-hybridized carbons (Fsp3) is 0.231. The van der Waals surface area contributed by atoms with Gasteiger partial charge in [0.15, 0.2) is 0 Å². The molecule has 0 aliphatic carbocycles. The average molecular weight is 350 g/mol. The van der Waals surface area contributed by atoms with Crippen molar-refractivity contribution in [2.24, 2.45) is 0 Å². The molecule has 0 radical (unpaired) electrons. The van der Waals surface area contributed by atoms with Gasteiger partial charge in [0.25, 0.3) is 0 Å². The molecule has 0 spiro atoms. The van der Waals surface area contributed by atoms with Crippen molar-refractivity contribution in [3.63, 3.8) is 0 Å². The van der Waals surface area contributed by atoms with E-state index in [1.165, 1.54) is 9.75 Å². The van der Waals surface area contributed by atoms with Crippen molar-refractivity contribution >= 4 is 50.5 Å². The van der Waals surface area contributed by atoms with Crippen molar-refractivity contribution in [3.05, 3.63) is 55.7 Å². The Hall–Kier alpha value is -0.0200. The third-order valence-electron chi connectivity index (χ3n) is 2.54. The number of hydrogen-bond donors (Lipinski definition) is 0. The first-order chi connectivity index (χ1) is 8.13. The van der Waals surface area contributed by atoms with E-state index in [0.29, 0.717) is 10.0 Å². The molecule has 1 atom stereocenters. The highest BCUT2D eigenvalue weighted by Crippen LogP contribution is 2.40. The van der Waals surface area contributed by atoms with Gasteiger partial charge in [-0.15, -0.1) is 11.3 Å². The standard InChI is InChI=1S/C13H11BrCl2S/c1-2-8-6-7-11(17-8)12(14)9-4-3-5-10(15)13(9)16/h3-7,12H,2H2,1H3. The second-order valence-electron chi connectivity index (χ2n) is 3.66. The van der Waals surface area contributed by atoms with Gasteiger partial charge < -0.3 is 0 Å². The molecule has 0 nitrogen and oxygen atoms in total. The van der Waals surface area contributed by atoms with Crippen molar-refractivity contribution in [2.45, 2.75) is 18.2 Å². The molecule has 1 unspecified atom stereocenters. The maximum atomic E-state index is 6.22. The molecule has 1 heterocycles. The Morgan fingerprint density at radius 3 is 2.65 bits per heavy atom. The van der Waals surface area contributed by atoms with E-state index in [9.17, 15) is 0 Å². The summed E-state index contributed by atoms with van der Waals surface area (Å²) in [6, 6.07) is 10.0. The molecule has 1 aromatic carbocycles. The topological polar surface area (TPSA) is 0 Å². The Labute approximate surface area is 124 Å². The lowest BCUT2D eigenvalue weighted by Crippen LogP contribution is -1.91. The number of halogens is 3. The smallest absolute Gasteiger partial charge is 0.0753 e. The summed E-state index contributed by atoms with van der Waals surface area (Å²) < 4.78 is 0. The van der Waals surface area contributed by atoms with E-state index < -0.39 is 0 Å². The highest BCUT2D eigenvalue weighted by atomic mass is 79.9. The van der Waals surface area contributed by atoms with Crippen molar-refractivity contribution in [1.82, 2.24) is 0 Å². The van der Waals surface area contributed by atoms with Gasteiger partial charge in [0, 0.05) is 9.75 Å². The highest BCUT2D eigenvalue weighted by molar-refractivity contribution is 9.09. The third kappa shape index (κ3) is 2.87. The molecule has 0 fully saturated rings. The minimum atomic E-state index is 0.110. The molecule has 0 saturated carbocycles. The van der Waals surface area contributed by atoms with Crippen LogP contribution in [0.5, 0.6) is 0 Å². The fourth-order valence-electron chi connectivity index (χ4n) is 1.59. The predicted molar refractivity (Wildman–Crippen MR) is 80.9 cm³/mol. The minimum absolute atomic E-state index is 0.110. The quantitative estimate of drug-likeness (QED) is 0.587. The fourth-order valence-corrected chi connectivity index (χ4v) is 3.90. The van der Waals surface area contributed by atoms with Gasteiger partial charge in [0.05, 0.1) is 14.9 Å². The third-order valence-corrected chi connectivity index (χ3v) is 5.95. The zero-order valence-electron chi connectivity index (χ0n) is 9.21. The normalized spacial score (nSPS) is 12.7.